The van der Waals surface area contributed by atoms with Crippen molar-refractivity contribution in [2.45, 2.75) is 46.2 Å². The second kappa shape index (κ2) is 8.83. The molecule has 8 heteroatoms. The first-order chi connectivity index (χ1) is 12.7. The zero-order chi connectivity index (χ0) is 20.0. The highest BCUT2D eigenvalue weighted by molar-refractivity contribution is 5.94. The van der Waals surface area contributed by atoms with Crippen molar-refractivity contribution in [3.05, 3.63) is 24.5 Å². The van der Waals surface area contributed by atoms with Crippen LogP contribution in [0.1, 0.15) is 34.6 Å². The number of aliphatic imine (C=N–C) groups is 1. The normalized spacial score (nSPS) is 17.3. The number of amides is 2. The van der Waals surface area contributed by atoms with Gasteiger partial charge in [0.25, 0.3) is 0 Å². The fourth-order valence-corrected chi connectivity index (χ4v) is 3.52. The molecule has 2 N–H and O–H groups in total. The zero-order valence-electron chi connectivity index (χ0n) is 16.8. The van der Waals surface area contributed by atoms with Gasteiger partial charge < -0.3 is 20.4 Å². The summed E-state index contributed by atoms with van der Waals surface area (Å²) < 4.78 is 0. The topological polar surface area (TPSA) is 89.9 Å². The van der Waals surface area contributed by atoms with Gasteiger partial charge in [-0.15, -0.1) is 0 Å². The van der Waals surface area contributed by atoms with E-state index in [0.717, 1.165) is 0 Å². The predicted octanol–water partition coefficient (Wildman–Crippen LogP) is 1.32. The molecule has 0 spiro atoms. The summed E-state index contributed by atoms with van der Waals surface area (Å²) >= 11 is 0. The Morgan fingerprint density at radius 1 is 1.41 bits per heavy atom. The van der Waals surface area contributed by atoms with E-state index in [2.05, 4.69) is 34.5 Å². The molecule has 1 aliphatic heterocycles. The quantitative estimate of drug-likeness (QED) is 0.599. The highest BCUT2D eigenvalue weighted by atomic mass is 16.2. The monoisotopic (exact) mass is 374 g/mol. The number of carbonyl (C=O) groups is 2. The van der Waals surface area contributed by atoms with Gasteiger partial charge in [-0.2, -0.15) is 0 Å². The van der Waals surface area contributed by atoms with E-state index in [-0.39, 0.29) is 36.5 Å². The van der Waals surface area contributed by atoms with Crippen LogP contribution >= 0.6 is 0 Å². The molecule has 8 nitrogen and oxygen atoms in total. The van der Waals surface area contributed by atoms with Crippen LogP contribution in [-0.2, 0) is 9.59 Å². The average Bonchev–Trinajstić information content (AvgIpc) is 2.57. The average molecular weight is 374 g/mol. The molecule has 1 aliphatic rings. The standard InChI is InChI=1S/C19H30N6O2/c1-6-21-18(22-11-16(26)23-15-8-7-9-20-10-15)24-12-17(27)25(14(2)3)19(4,5)13-24/h7-10,14H,6,11-13H2,1-5H3,(H,21,22)(H,23,26). The SMILES string of the molecule is CCNC(=NCC(=O)Nc1cccnc1)N1CC(=O)N(C(C)C)C(C)(C)C1. The summed E-state index contributed by atoms with van der Waals surface area (Å²) in [6.07, 6.45) is 3.23. The molecule has 0 aliphatic carbocycles. The fraction of sp³-hybridized carbons (Fsp3) is 0.579. The summed E-state index contributed by atoms with van der Waals surface area (Å²) in [6.45, 7) is 11.6. The lowest BCUT2D eigenvalue weighted by Crippen LogP contribution is -2.66. The smallest absolute Gasteiger partial charge is 0.246 e. The summed E-state index contributed by atoms with van der Waals surface area (Å²) in [5.41, 5.74) is 0.307. The van der Waals surface area contributed by atoms with Gasteiger partial charge in [0.15, 0.2) is 5.96 Å². The van der Waals surface area contributed by atoms with Gasteiger partial charge in [0.2, 0.25) is 11.8 Å². The second-order valence-corrected chi connectivity index (χ2v) is 7.49. The van der Waals surface area contributed by atoms with E-state index in [9.17, 15) is 9.59 Å². The van der Waals surface area contributed by atoms with Crippen LogP contribution in [0.5, 0.6) is 0 Å². The van der Waals surface area contributed by atoms with Crippen LogP contribution < -0.4 is 10.6 Å². The van der Waals surface area contributed by atoms with Crippen molar-refractivity contribution in [3.63, 3.8) is 0 Å². The van der Waals surface area contributed by atoms with Gasteiger partial charge in [0.1, 0.15) is 6.54 Å². The molecule has 0 aromatic carbocycles. The molecule has 1 aromatic rings. The van der Waals surface area contributed by atoms with Gasteiger partial charge in [-0.25, -0.2) is 4.99 Å². The van der Waals surface area contributed by atoms with E-state index in [1.165, 1.54) is 0 Å². The van der Waals surface area contributed by atoms with E-state index in [4.69, 9.17) is 0 Å². The molecule has 1 fully saturated rings. The van der Waals surface area contributed by atoms with Gasteiger partial charge in [-0.3, -0.25) is 14.6 Å². The Morgan fingerprint density at radius 2 is 2.15 bits per heavy atom. The van der Waals surface area contributed by atoms with Crippen LogP contribution in [0.2, 0.25) is 0 Å². The van der Waals surface area contributed by atoms with E-state index in [1.54, 1.807) is 24.5 Å². The van der Waals surface area contributed by atoms with Crippen LogP contribution in [0.15, 0.2) is 29.5 Å². The third-order valence-corrected chi connectivity index (χ3v) is 4.29. The molecule has 0 atom stereocenters. The fourth-order valence-electron chi connectivity index (χ4n) is 3.52. The van der Waals surface area contributed by atoms with E-state index in [1.807, 2.05) is 30.6 Å². The van der Waals surface area contributed by atoms with Crippen LogP contribution in [0.4, 0.5) is 5.69 Å². The number of nitrogens with zero attached hydrogens (tertiary/aromatic N) is 4. The number of hydrogen-bond donors (Lipinski definition) is 2. The Morgan fingerprint density at radius 3 is 2.70 bits per heavy atom. The Hall–Kier alpha value is -2.64. The number of guanidine groups is 1. The van der Waals surface area contributed by atoms with Gasteiger partial charge in [0.05, 0.1) is 24.0 Å². The van der Waals surface area contributed by atoms with Crippen molar-refractivity contribution in [1.82, 2.24) is 20.1 Å². The Balaban J connectivity index is 2.08. The molecule has 0 radical (unpaired) electrons. The number of anilines is 1. The zero-order valence-corrected chi connectivity index (χ0v) is 16.8. The molecular weight excluding hydrogens is 344 g/mol. The summed E-state index contributed by atoms with van der Waals surface area (Å²) in [5.74, 6) is 0.403. The lowest BCUT2D eigenvalue weighted by atomic mass is 9.96. The molecule has 0 bridgehead atoms. The van der Waals surface area contributed by atoms with Gasteiger partial charge in [-0.05, 0) is 46.8 Å². The van der Waals surface area contributed by atoms with Crippen LogP contribution in [0.25, 0.3) is 0 Å². The van der Waals surface area contributed by atoms with Crippen molar-refractivity contribution < 1.29 is 9.59 Å². The number of pyridine rings is 1. The first-order valence-electron chi connectivity index (χ1n) is 9.30. The minimum Gasteiger partial charge on any atom is -0.356 e. The molecule has 2 rings (SSSR count). The minimum absolute atomic E-state index is 0.0315. The largest absolute Gasteiger partial charge is 0.356 e. The molecule has 2 heterocycles. The first kappa shape index (κ1) is 20.7. The van der Waals surface area contributed by atoms with Gasteiger partial charge >= 0.3 is 0 Å². The molecule has 1 aromatic heterocycles. The van der Waals surface area contributed by atoms with E-state index >= 15 is 0 Å². The molecule has 0 unspecified atom stereocenters. The Kier molecular flexibility index (Phi) is 6.76. The number of carbonyl (C=O) groups excluding carboxylic acids is 2. The van der Waals surface area contributed by atoms with Crippen molar-refractivity contribution >= 4 is 23.5 Å². The van der Waals surface area contributed by atoms with Crippen LogP contribution in [-0.4, -0.2) is 70.3 Å². The minimum atomic E-state index is -0.322. The molecule has 148 valence electrons. The van der Waals surface area contributed by atoms with Crippen LogP contribution in [0.3, 0.4) is 0 Å². The molecule has 27 heavy (non-hydrogen) atoms. The number of aromatic nitrogens is 1. The van der Waals surface area contributed by atoms with Gasteiger partial charge in [-0.1, -0.05) is 0 Å². The first-order valence-corrected chi connectivity index (χ1v) is 9.30. The predicted molar refractivity (Wildman–Crippen MR) is 106 cm³/mol. The lowest BCUT2D eigenvalue weighted by molar-refractivity contribution is -0.145. The highest BCUT2D eigenvalue weighted by Crippen LogP contribution is 2.24. The number of piperazine rings is 1. The maximum absolute atomic E-state index is 12.7. The summed E-state index contributed by atoms with van der Waals surface area (Å²) in [7, 11) is 0. The maximum atomic E-state index is 12.7. The maximum Gasteiger partial charge on any atom is 0.246 e. The molecule has 2 amide bonds. The van der Waals surface area contributed by atoms with Gasteiger partial charge in [0, 0.05) is 25.3 Å². The van der Waals surface area contributed by atoms with Crippen molar-refractivity contribution in [1.29, 1.82) is 0 Å². The van der Waals surface area contributed by atoms with Crippen molar-refractivity contribution in [2.75, 3.05) is 31.5 Å². The summed E-state index contributed by atoms with van der Waals surface area (Å²) in [4.78, 5) is 37.1. The Labute approximate surface area is 161 Å². The Bertz CT molecular complexity index is 687. The summed E-state index contributed by atoms with van der Waals surface area (Å²) in [6, 6.07) is 3.66. The third kappa shape index (κ3) is 5.42. The van der Waals surface area contributed by atoms with Crippen molar-refractivity contribution in [3.8, 4) is 0 Å². The molecule has 0 saturated carbocycles. The number of rotatable bonds is 5. The summed E-state index contributed by atoms with van der Waals surface area (Å²) in [5, 5.41) is 5.95. The van der Waals surface area contributed by atoms with E-state index < -0.39 is 0 Å². The lowest BCUT2D eigenvalue weighted by Gasteiger charge is -2.49. The van der Waals surface area contributed by atoms with Crippen LogP contribution in [0, 0.1) is 0 Å². The third-order valence-electron chi connectivity index (χ3n) is 4.29. The molecular formula is C19H30N6O2. The van der Waals surface area contributed by atoms with Crippen molar-refractivity contribution in [2.24, 2.45) is 4.99 Å². The second-order valence-electron chi connectivity index (χ2n) is 7.49. The highest BCUT2D eigenvalue weighted by Gasteiger charge is 2.40. The molecule has 1 saturated heterocycles. The number of hydrogen-bond acceptors (Lipinski definition) is 4. The van der Waals surface area contributed by atoms with E-state index in [0.29, 0.717) is 24.7 Å². The number of nitrogens with one attached hydrogen (secondary N) is 2.